The summed E-state index contributed by atoms with van der Waals surface area (Å²) in [5.74, 6) is -0.203. The van der Waals surface area contributed by atoms with Crippen molar-refractivity contribution in [3.63, 3.8) is 0 Å². The van der Waals surface area contributed by atoms with Crippen molar-refractivity contribution in [1.82, 2.24) is 9.97 Å². The van der Waals surface area contributed by atoms with Crippen LogP contribution in [0.5, 0.6) is 0 Å². The number of morpholine rings is 1. The van der Waals surface area contributed by atoms with Gasteiger partial charge in [-0.15, -0.1) is 0 Å². The van der Waals surface area contributed by atoms with Crippen LogP contribution in [-0.2, 0) is 9.53 Å². The lowest BCUT2D eigenvalue weighted by Crippen LogP contribution is -2.40. The molecule has 2 saturated heterocycles. The standard InChI is InChI=1S/C25H27FN6O2/c26-20-16-18(5-8-22(20)31-12-14-34-15-13-31)29-25-28-10-9-21(30-25)17-3-6-19(7-4-17)32-11-1-2-23(32)24(27)33/h3-10,16,23H,1-2,11-15H2,(H2,27,33)(H,28,29,30)/t23-/m0/s1. The van der Waals surface area contributed by atoms with Crippen LogP contribution in [0.2, 0.25) is 0 Å². The number of nitrogens with two attached hydrogens (primary N) is 1. The largest absolute Gasteiger partial charge is 0.378 e. The molecular formula is C25H27FN6O2. The summed E-state index contributed by atoms with van der Waals surface area (Å²) in [6.45, 7) is 3.37. The number of amides is 1. The molecule has 9 heteroatoms. The van der Waals surface area contributed by atoms with Crippen LogP contribution in [0.15, 0.2) is 54.7 Å². The Hall–Kier alpha value is -3.72. The molecule has 0 radical (unpaired) electrons. The number of nitrogens with zero attached hydrogens (tertiary/aromatic N) is 4. The Labute approximate surface area is 197 Å². The van der Waals surface area contributed by atoms with Crippen molar-refractivity contribution in [2.45, 2.75) is 18.9 Å². The van der Waals surface area contributed by atoms with E-state index in [1.54, 1.807) is 12.3 Å². The monoisotopic (exact) mass is 462 g/mol. The van der Waals surface area contributed by atoms with E-state index in [1.165, 1.54) is 6.07 Å². The number of primary amides is 1. The van der Waals surface area contributed by atoms with E-state index in [-0.39, 0.29) is 17.8 Å². The molecule has 1 amide bonds. The highest BCUT2D eigenvalue weighted by Gasteiger charge is 2.29. The first-order valence-corrected chi connectivity index (χ1v) is 11.5. The van der Waals surface area contributed by atoms with Gasteiger partial charge in [-0.3, -0.25) is 4.79 Å². The number of hydrogen-bond donors (Lipinski definition) is 2. The van der Waals surface area contributed by atoms with E-state index in [0.29, 0.717) is 43.6 Å². The van der Waals surface area contributed by atoms with Gasteiger partial charge in [-0.1, -0.05) is 12.1 Å². The van der Waals surface area contributed by atoms with Gasteiger partial charge < -0.3 is 25.6 Å². The topological polar surface area (TPSA) is 96.6 Å². The lowest BCUT2D eigenvalue weighted by atomic mass is 10.1. The van der Waals surface area contributed by atoms with E-state index in [9.17, 15) is 9.18 Å². The molecule has 1 aromatic heterocycles. The molecule has 2 fully saturated rings. The number of anilines is 4. The number of nitrogens with one attached hydrogen (secondary N) is 1. The van der Waals surface area contributed by atoms with Gasteiger partial charge in [0.25, 0.3) is 0 Å². The van der Waals surface area contributed by atoms with Crippen molar-refractivity contribution in [1.29, 1.82) is 0 Å². The third-order valence-corrected chi connectivity index (χ3v) is 6.29. The predicted octanol–water partition coefficient (Wildman–Crippen LogP) is 3.32. The summed E-state index contributed by atoms with van der Waals surface area (Å²) in [4.78, 5) is 24.6. The van der Waals surface area contributed by atoms with Crippen LogP contribution in [0.25, 0.3) is 11.3 Å². The number of ether oxygens (including phenoxy) is 1. The van der Waals surface area contributed by atoms with E-state index < -0.39 is 0 Å². The second-order valence-corrected chi connectivity index (χ2v) is 8.46. The van der Waals surface area contributed by atoms with Crippen LogP contribution in [0, 0.1) is 5.82 Å². The maximum absolute atomic E-state index is 14.7. The zero-order valence-electron chi connectivity index (χ0n) is 18.8. The molecule has 2 aromatic carbocycles. The molecule has 176 valence electrons. The molecule has 34 heavy (non-hydrogen) atoms. The first-order chi connectivity index (χ1) is 16.6. The minimum Gasteiger partial charge on any atom is -0.378 e. The number of benzene rings is 2. The highest BCUT2D eigenvalue weighted by molar-refractivity contribution is 5.84. The van der Waals surface area contributed by atoms with Crippen LogP contribution in [0.1, 0.15) is 12.8 Å². The number of carbonyl (C=O) groups excluding carboxylic acids is 1. The molecule has 0 bridgehead atoms. The van der Waals surface area contributed by atoms with E-state index in [1.807, 2.05) is 46.2 Å². The fourth-order valence-corrected chi connectivity index (χ4v) is 4.55. The van der Waals surface area contributed by atoms with E-state index >= 15 is 0 Å². The second kappa shape index (κ2) is 9.64. The molecule has 1 atom stereocenters. The molecule has 2 aliphatic heterocycles. The van der Waals surface area contributed by atoms with E-state index in [0.717, 1.165) is 36.3 Å². The highest BCUT2D eigenvalue weighted by Crippen LogP contribution is 2.29. The quantitative estimate of drug-likeness (QED) is 0.580. The Balaban J connectivity index is 1.30. The average molecular weight is 463 g/mol. The summed E-state index contributed by atoms with van der Waals surface area (Å²) >= 11 is 0. The van der Waals surface area contributed by atoms with Gasteiger partial charge in [-0.05, 0) is 49.2 Å². The van der Waals surface area contributed by atoms with E-state index in [4.69, 9.17) is 10.5 Å². The van der Waals surface area contributed by atoms with Crippen LogP contribution < -0.4 is 20.9 Å². The summed E-state index contributed by atoms with van der Waals surface area (Å²) < 4.78 is 20.1. The number of halogens is 1. The van der Waals surface area contributed by atoms with Crippen LogP contribution in [0.4, 0.5) is 27.4 Å². The van der Waals surface area contributed by atoms with Gasteiger partial charge in [0.2, 0.25) is 11.9 Å². The van der Waals surface area contributed by atoms with Crippen LogP contribution in [-0.4, -0.2) is 54.8 Å². The second-order valence-electron chi connectivity index (χ2n) is 8.46. The van der Waals surface area contributed by atoms with Crippen molar-refractivity contribution < 1.29 is 13.9 Å². The Morgan fingerprint density at radius 2 is 1.88 bits per heavy atom. The first-order valence-electron chi connectivity index (χ1n) is 11.5. The summed E-state index contributed by atoms with van der Waals surface area (Å²) in [6, 6.07) is 14.5. The van der Waals surface area contributed by atoms with Crippen molar-refractivity contribution in [3.8, 4) is 11.3 Å². The van der Waals surface area contributed by atoms with Gasteiger partial charge >= 0.3 is 0 Å². The summed E-state index contributed by atoms with van der Waals surface area (Å²) in [6.07, 6.45) is 3.40. The third kappa shape index (κ3) is 4.65. The molecule has 3 N–H and O–H groups in total. The molecule has 3 aromatic rings. The molecule has 0 saturated carbocycles. The minimum atomic E-state index is -0.296. The zero-order chi connectivity index (χ0) is 23.5. The number of hydrogen-bond acceptors (Lipinski definition) is 7. The average Bonchev–Trinajstić information content (AvgIpc) is 3.36. The fourth-order valence-electron chi connectivity index (χ4n) is 4.55. The van der Waals surface area contributed by atoms with Crippen LogP contribution >= 0.6 is 0 Å². The van der Waals surface area contributed by atoms with Crippen molar-refractivity contribution in [2.24, 2.45) is 5.73 Å². The van der Waals surface area contributed by atoms with Gasteiger partial charge in [0.15, 0.2) is 0 Å². The normalized spacial score (nSPS) is 18.2. The Morgan fingerprint density at radius 3 is 2.62 bits per heavy atom. The first kappa shape index (κ1) is 22.1. The predicted molar refractivity (Wildman–Crippen MR) is 130 cm³/mol. The van der Waals surface area contributed by atoms with Crippen molar-refractivity contribution in [2.75, 3.05) is 48.0 Å². The van der Waals surface area contributed by atoms with Gasteiger partial charge in [0, 0.05) is 42.8 Å². The molecule has 5 rings (SSSR count). The summed E-state index contributed by atoms with van der Waals surface area (Å²) in [7, 11) is 0. The number of rotatable bonds is 6. The smallest absolute Gasteiger partial charge is 0.240 e. The molecular weight excluding hydrogens is 435 g/mol. The molecule has 0 unspecified atom stereocenters. The molecule has 0 aliphatic carbocycles. The van der Waals surface area contributed by atoms with E-state index in [2.05, 4.69) is 15.3 Å². The summed E-state index contributed by atoms with van der Waals surface area (Å²) in [5.41, 5.74) is 9.31. The lowest BCUT2D eigenvalue weighted by molar-refractivity contribution is -0.119. The molecule has 8 nitrogen and oxygen atoms in total. The zero-order valence-corrected chi connectivity index (χ0v) is 18.8. The molecule has 0 spiro atoms. The fraction of sp³-hybridized carbons (Fsp3) is 0.320. The van der Waals surface area contributed by atoms with Gasteiger partial charge in [0.1, 0.15) is 11.9 Å². The minimum absolute atomic E-state index is 0.254. The lowest BCUT2D eigenvalue weighted by Gasteiger charge is -2.29. The molecule has 3 heterocycles. The number of aromatic nitrogens is 2. The van der Waals surface area contributed by atoms with Crippen molar-refractivity contribution in [3.05, 3.63) is 60.5 Å². The van der Waals surface area contributed by atoms with Gasteiger partial charge in [-0.25, -0.2) is 14.4 Å². The third-order valence-electron chi connectivity index (χ3n) is 6.29. The Kier molecular flexibility index (Phi) is 6.27. The van der Waals surface area contributed by atoms with Gasteiger partial charge in [0.05, 0.1) is 24.6 Å². The molecule has 2 aliphatic rings. The Bertz CT molecular complexity index is 1170. The van der Waals surface area contributed by atoms with Gasteiger partial charge in [-0.2, -0.15) is 0 Å². The summed E-state index contributed by atoms with van der Waals surface area (Å²) in [5, 5.41) is 3.09. The van der Waals surface area contributed by atoms with Crippen LogP contribution in [0.3, 0.4) is 0 Å². The number of carbonyl (C=O) groups is 1. The Morgan fingerprint density at radius 1 is 1.09 bits per heavy atom. The maximum atomic E-state index is 14.7. The SMILES string of the molecule is NC(=O)[C@@H]1CCCN1c1ccc(-c2ccnc(Nc3ccc(N4CCOCC4)c(F)c3)n2)cc1. The van der Waals surface area contributed by atoms with Crippen molar-refractivity contribution >= 4 is 28.9 Å². The highest BCUT2D eigenvalue weighted by atomic mass is 19.1. The maximum Gasteiger partial charge on any atom is 0.240 e.